The number of anilines is 1. The highest BCUT2D eigenvalue weighted by atomic mass is 35.5. The average Bonchev–Trinajstić information content (AvgIpc) is 2.67. The average molecular weight is 273 g/mol. The van der Waals surface area contributed by atoms with Crippen molar-refractivity contribution in [2.45, 2.75) is 12.5 Å². The summed E-state index contributed by atoms with van der Waals surface area (Å²) in [5.41, 5.74) is 6.55. The summed E-state index contributed by atoms with van der Waals surface area (Å²) in [7, 11) is 3.15. The van der Waals surface area contributed by atoms with Crippen molar-refractivity contribution in [1.82, 2.24) is 0 Å². The molecule has 5 nitrogen and oxygen atoms in total. The first kappa shape index (κ1) is 14.6. The molecule has 1 aliphatic heterocycles. The Balaban J connectivity index is 0.00000162. The number of carbonyl (C=O) groups excluding carboxylic acids is 1. The Labute approximate surface area is 112 Å². The molecule has 1 atom stereocenters. The monoisotopic (exact) mass is 272 g/mol. The highest BCUT2D eigenvalue weighted by Gasteiger charge is 2.28. The third kappa shape index (κ3) is 2.68. The summed E-state index contributed by atoms with van der Waals surface area (Å²) in [5, 5.41) is 0. The van der Waals surface area contributed by atoms with Gasteiger partial charge in [0.1, 0.15) is 0 Å². The van der Waals surface area contributed by atoms with Gasteiger partial charge in [0.25, 0.3) is 0 Å². The maximum absolute atomic E-state index is 11.7. The van der Waals surface area contributed by atoms with Crippen LogP contribution in [0.5, 0.6) is 11.5 Å². The number of halogens is 1. The molecule has 1 fully saturated rings. The third-order valence-corrected chi connectivity index (χ3v) is 2.83. The van der Waals surface area contributed by atoms with Gasteiger partial charge in [0.05, 0.1) is 14.2 Å². The Morgan fingerprint density at radius 2 is 1.94 bits per heavy atom. The van der Waals surface area contributed by atoms with Crippen LogP contribution in [0.15, 0.2) is 18.2 Å². The molecule has 0 saturated carbocycles. The van der Waals surface area contributed by atoms with Gasteiger partial charge >= 0.3 is 0 Å². The lowest BCUT2D eigenvalue weighted by atomic mass is 10.2. The summed E-state index contributed by atoms with van der Waals surface area (Å²) in [6.07, 6.45) is 0.397. The van der Waals surface area contributed by atoms with Crippen molar-refractivity contribution in [2.75, 3.05) is 25.7 Å². The van der Waals surface area contributed by atoms with Crippen LogP contribution < -0.4 is 20.1 Å². The molecule has 2 rings (SSSR count). The zero-order valence-corrected chi connectivity index (χ0v) is 11.2. The van der Waals surface area contributed by atoms with Crippen LogP contribution in [0.3, 0.4) is 0 Å². The molecular weight excluding hydrogens is 256 g/mol. The molecule has 1 aromatic rings. The van der Waals surface area contributed by atoms with E-state index < -0.39 is 0 Å². The van der Waals surface area contributed by atoms with Gasteiger partial charge < -0.3 is 20.1 Å². The summed E-state index contributed by atoms with van der Waals surface area (Å²) in [5.74, 6) is 1.30. The van der Waals surface area contributed by atoms with Gasteiger partial charge in [0.15, 0.2) is 11.5 Å². The number of nitrogens with two attached hydrogens (primary N) is 1. The largest absolute Gasteiger partial charge is 0.493 e. The molecule has 0 bridgehead atoms. The van der Waals surface area contributed by atoms with Crippen LogP contribution in [0.2, 0.25) is 0 Å². The van der Waals surface area contributed by atoms with Gasteiger partial charge in [0, 0.05) is 30.8 Å². The first-order chi connectivity index (χ1) is 8.15. The van der Waals surface area contributed by atoms with Gasteiger partial charge in [-0.05, 0) is 12.1 Å². The van der Waals surface area contributed by atoms with E-state index in [0.717, 1.165) is 5.69 Å². The SMILES string of the molecule is COc1ccc(N2CC(N)CC2=O)cc1OC.Cl. The summed E-state index contributed by atoms with van der Waals surface area (Å²) in [6.45, 7) is 0.550. The number of hydrogen-bond acceptors (Lipinski definition) is 4. The smallest absolute Gasteiger partial charge is 0.228 e. The Bertz CT molecular complexity index is 439. The molecule has 18 heavy (non-hydrogen) atoms. The second-order valence-electron chi connectivity index (χ2n) is 4.01. The molecule has 1 saturated heterocycles. The van der Waals surface area contributed by atoms with E-state index in [0.29, 0.717) is 24.5 Å². The highest BCUT2D eigenvalue weighted by Crippen LogP contribution is 2.32. The molecule has 0 radical (unpaired) electrons. The maximum atomic E-state index is 11.7. The van der Waals surface area contributed by atoms with Gasteiger partial charge in [-0.1, -0.05) is 0 Å². The predicted octanol–water partition coefficient (Wildman–Crippen LogP) is 1.19. The van der Waals surface area contributed by atoms with E-state index in [4.69, 9.17) is 15.2 Å². The molecule has 1 aliphatic rings. The van der Waals surface area contributed by atoms with Crippen molar-refractivity contribution < 1.29 is 14.3 Å². The van der Waals surface area contributed by atoms with Gasteiger partial charge in [-0.25, -0.2) is 0 Å². The Morgan fingerprint density at radius 1 is 1.28 bits per heavy atom. The molecular formula is C12H17ClN2O3. The van der Waals surface area contributed by atoms with E-state index in [1.165, 1.54) is 0 Å². The molecule has 1 aromatic carbocycles. The van der Waals surface area contributed by atoms with E-state index in [9.17, 15) is 4.79 Å². The molecule has 1 heterocycles. The zero-order chi connectivity index (χ0) is 12.4. The number of ether oxygens (including phenoxy) is 2. The standard InChI is InChI=1S/C12H16N2O3.ClH/c1-16-10-4-3-9(6-11(10)17-2)14-7-8(13)5-12(14)15;/h3-4,6,8H,5,7,13H2,1-2H3;1H. The minimum absolute atomic E-state index is 0. The van der Waals surface area contributed by atoms with Gasteiger partial charge in [-0.3, -0.25) is 4.79 Å². The summed E-state index contributed by atoms with van der Waals surface area (Å²) in [4.78, 5) is 13.4. The van der Waals surface area contributed by atoms with Crippen molar-refractivity contribution in [3.05, 3.63) is 18.2 Å². The van der Waals surface area contributed by atoms with Crippen LogP contribution in [0, 0.1) is 0 Å². The number of rotatable bonds is 3. The first-order valence-electron chi connectivity index (χ1n) is 5.43. The molecule has 100 valence electrons. The summed E-state index contributed by atoms with van der Waals surface area (Å²) >= 11 is 0. The van der Waals surface area contributed by atoms with Crippen molar-refractivity contribution in [1.29, 1.82) is 0 Å². The quantitative estimate of drug-likeness (QED) is 0.898. The van der Waals surface area contributed by atoms with Crippen LogP contribution in [0.4, 0.5) is 5.69 Å². The Kier molecular flexibility index (Phi) is 4.81. The van der Waals surface area contributed by atoms with Crippen LogP contribution in [-0.2, 0) is 4.79 Å². The lowest BCUT2D eigenvalue weighted by molar-refractivity contribution is -0.117. The number of carbonyl (C=O) groups is 1. The minimum atomic E-state index is -0.0874. The van der Waals surface area contributed by atoms with Crippen LogP contribution in [0.25, 0.3) is 0 Å². The highest BCUT2D eigenvalue weighted by molar-refractivity contribution is 5.96. The lowest BCUT2D eigenvalue weighted by Gasteiger charge is -2.18. The fourth-order valence-corrected chi connectivity index (χ4v) is 1.98. The van der Waals surface area contributed by atoms with Crippen molar-refractivity contribution >= 4 is 24.0 Å². The van der Waals surface area contributed by atoms with Crippen LogP contribution >= 0.6 is 12.4 Å². The molecule has 1 amide bonds. The van der Waals surface area contributed by atoms with E-state index in [1.54, 1.807) is 31.3 Å². The van der Waals surface area contributed by atoms with E-state index >= 15 is 0 Å². The Morgan fingerprint density at radius 3 is 2.44 bits per heavy atom. The van der Waals surface area contributed by atoms with Gasteiger partial charge in [0.2, 0.25) is 5.91 Å². The topological polar surface area (TPSA) is 64.8 Å². The fraction of sp³-hybridized carbons (Fsp3) is 0.417. The number of amides is 1. The molecule has 2 N–H and O–H groups in total. The minimum Gasteiger partial charge on any atom is -0.493 e. The summed E-state index contributed by atoms with van der Waals surface area (Å²) in [6, 6.07) is 5.31. The number of hydrogen-bond donors (Lipinski definition) is 1. The van der Waals surface area contributed by atoms with E-state index in [2.05, 4.69) is 0 Å². The number of benzene rings is 1. The molecule has 6 heteroatoms. The molecule has 1 unspecified atom stereocenters. The second kappa shape index (κ2) is 5.93. The number of nitrogens with zero attached hydrogens (tertiary/aromatic N) is 1. The van der Waals surface area contributed by atoms with Crippen molar-refractivity contribution in [2.24, 2.45) is 5.73 Å². The number of methoxy groups -OCH3 is 2. The van der Waals surface area contributed by atoms with Gasteiger partial charge in [-0.15, -0.1) is 12.4 Å². The predicted molar refractivity (Wildman–Crippen MR) is 71.7 cm³/mol. The van der Waals surface area contributed by atoms with Crippen LogP contribution in [-0.4, -0.2) is 32.7 Å². The van der Waals surface area contributed by atoms with E-state index in [1.807, 2.05) is 6.07 Å². The fourth-order valence-electron chi connectivity index (χ4n) is 1.98. The first-order valence-corrected chi connectivity index (χ1v) is 5.43. The van der Waals surface area contributed by atoms with Crippen LogP contribution in [0.1, 0.15) is 6.42 Å². The zero-order valence-electron chi connectivity index (χ0n) is 10.4. The summed E-state index contributed by atoms with van der Waals surface area (Å²) < 4.78 is 10.4. The molecule has 0 aliphatic carbocycles. The maximum Gasteiger partial charge on any atom is 0.228 e. The molecule has 0 aromatic heterocycles. The lowest BCUT2D eigenvalue weighted by Crippen LogP contribution is -2.27. The van der Waals surface area contributed by atoms with Crippen molar-refractivity contribution in [3.63, 3.8) is 0 Å². The van der Waals surface area contributed by atoms with E-state index in [-0.39, 0.29) is 24.4 Å². The Hall–Kier alpha value is -1.46. The van der Waals surface area contributed by atoms with Crippen molar-refractivity contribution in [3.8, 4) is 11.5 Å². The second-order valence-corrected chi connectivity index (χ2v) is 4.01. The normalized spacial score (nSPS) is 18.5. The molecule has 0 spiro atoms. The third-order valence-electron chi connectivity index (χ3n) is 2.83. The van der Waals surface area contributed by atoms with Gasteiger partial charge in [-0.2, -0.15) is 0 Å².